The number of rotatable bonds is 7. The molecule has 3 aromatic rings. The van der Waals surface area contributed by atoms with Gasteiger partial charge in [0.1, 0.15) is 0 Å². The molecular formula is C27H31N5O3. The number of Topliss-reactive ketones (excluding diaryl/α,β-unsaturated/α-hetero) is 1. The quantitative estimate of drug-likeness (QED) is 0.483. The van der Waals surface area contributed by atoms with Crippen molar-refractivity contribution in [2.45, 2.75) is 32.6 Å². The van der Waals surface area contributed by atoms with E-state index < -0.39 is 0 Å². The third kappa shape index (κ3) is 5.37. The Hall–Kier alpha value is -3.68. The van der Waals surface area contributed by atoms with Crippen molar-refractivity contribution in [3.05, 3.63) is 60.0 Å². The minimum Gasteiger partial charge on any atom is -0.372 e. The normalized spacial score (nSPS) is 16.1. The number of ketones is 1. The fourth-order valence-corrected chi connectivity index (χ4v) is 4.76. The summed E-state index contributed by atoms with van der Waals surface area (Å²) in [6, 6.07) is 15.9. The van der Waals surface area contributed by atoms with Crippen LogP contribution in [0.4, 0.5) is 11.4 Å². The van der Waals surface area contributed by atoms with E-state index in [1.165, 1.54) is 18.5 Å². The van der Waals surface area contributed by atoms with Crippen LogP contribution in [0.15, 0.2) is 53.1 Å². The van der Waals surface area contributed by atoms with Gasteiger partial charge >= 0.3 is 0 Å². The van der Waals surface area contributed by atoms with Gasteiger partial charge in [0, 0.05) is 74.6 Å². The first-order valence-electron chi connectivity index (χ1n) is 12.4. The molecule has 8 heteroatoms. The monoisotopic (exact) mass is 473 g/mol. The maximum absolute atomic E-state index is 12.7. The third-order valence-corrected chi connectivity index (χ3v) is 6.89. The van der Waals surface area contributed by atoms with Crippen LogP contribution in [-0.2, 0) is 11.2 Å². The van der Waals surface area contributed by atoms with Gasteiger partial charge in [-0.25, -0.2) is 0 Å². The van der Waals surface area contributed by atoms with Crippen molar-refractivity contribution < 1.29 is 14.1 Å². The lowest BCUT2D eigenvalue weighted by Gasteiger charge is -2.36. The van der Waals surface area contributed by atoms with Gasteiger partial charge in [-0.05, 0) is 68.3 Å². The zero-order valence-electron chi connectivity index (χ0n) is 20.2. The Morgan fingerprint density at radius 1 is 0.829 bits per heavy atom. The number of benzene rings is 2. The standard InChI is InChI=1S/C27H31N5O3/c1-20(33)21-4-8-24(9-5-21)31-16-18-32(19-17-31)26(34)13-12-25-28-27(29-35-25)22-6-10-23(11-7-22)30-14-2-3-15-30/h4-11H,2-3,12-19H2,1H3. The molecule has 1 aromatic heterocycles. The average Bonchev–Trinajstić information content (AvgIpc) is 3.60. The highest BCUT2D eigenvalue weighted by molar-refractivity contribution is 5.94. The summed E-state index contributed by atoms with van der Waals surface area (Å²) >= 11 is 0. The summed E-state index contributed by atoms with van der Waals surface area (Å²) in [4.78, 5) is 35.3. The maximum Gasteiger partial charge on any atom is 0.227 e. The molecule has 0 N–H and O–H groups in total. The summed E-state index contributed by atoms with van der Waals surface area (Å²) < 4.78 is 5.41. The number of hydrogen-bond acceptors (Lipinski definition) is 7. The molecule has 2 saturated heterocycles. The number of aryl methyl sites for hydroxylation is 1. The van der Waals surface area contributed by atoms with E-state index in [9.17, 15) is 9.59 Å². The molecule has 8 nitrogen and oxygen atoms in total. The molecule has 3 heterocycles. The summed E-state index contributed by atoms with van der Waals surface area (Å²) in [5.74, 6) is 1.22. The van der Waals surface area contributed by atoms with Gasteiger partial charge in [-0.2, -0.15) is 4.98 Å². The molecular weight excluding hydrogens is 442 g/mol. The van der Waals surface area contributed by atoms with Crippen molar-refractivity contribution in [3.63, 3.8) is 0 Å². The Morgan fingerprint density at radius 3 is 2.06 bits per heavy atom. The van der Waals surface area contributed by atoms with E-state index in [0.29, 0.717) is 43.2 Å². The molecule has 2 fully saturated rings. The lowest BCUT2D eigenvalue weighted by atomic mass is 10.1. The molecule has 2 aliphatic heterocycles. The Labute approximate surface area is 205 Å². The second-order valence-corrected chi connectivity index (χ2v) is 9.22. The fourth-order valence-electron chi connectivity index (χ4n) is 4.76. The first-order chi connectivity index (χ1) is 17.1. The first-order valence-corrected chi connectivity index (χ1v) is 12.4. The van der Waals surface area contributed by atoms with Gasteiger partial charge in [-0.15, -0.1) is 0 Å². The molecule has 0 radical (unpaired) electrons. The first kappa shape index (κ1) is 23.1. The molecule has 0 aliphatic carbocycles. The van der Waals surface area contributed by atoms with E-state index in [4.69, 9.17) is 4.52 Å². The van der Waals surface area contributed by atoms with Gasteiger partial charge in [0.2, 0.25) is 17.6 Å². The van der Waals surface area contributed by atoms with Gasteiger partial charge in [0.05, 0.1) is 0 Å². The highest BCUT2D eigenvalue weighted by Gasteiger charge is 2.22. The topological polar surface area (TPSA) is 82.8 Å². The summed E-state index contributed by atoms with van der Waals surface area (Å²) in [5.41, 5.74) is 3.94. The van der Waals surface area contributed by atoms with Crippen molar-refractivity contribution in [3.8, 4) is 11.4 Å². The summed E-state index contributed by atoms with van der Waals surface area (Å²) in [6.45, 7) is 6.68. The highest BCUT2D eigenvalue weighted by Crippen LogP contribution is 2.24. The van der Waals surface area contributed by atoms with Gasteiger partial charge < -0.3 is 19.2 Å². The second kappa shape index (κ2) is 10.3. The van der Waals surface area contributed by atoms with Crippen molar-refractivity contribution >= 4 is 23.1 Å². The van der Waals surface area contributed by atoms with Crippen molar-refractivity contribution in [2.75, 3.05) is 49.1 Å². The van der Waals surface area contributed by atoms with Crippen molar-refractivity contribution in [1.82, 2.24) is 15.0 Å². The molecule has 0 spiro atoms. The molecule has 0 bridgehead atoms. The second-order valence-electron chi connectivity index (χ2n) is 9.22. The lowest BCUT2D eigenvalue weighted by molar-refractivity contribution is -0.131. The molecule has 2 aromatic carbocycles. The maximum atomic E-state index is 12.7. The number of nitrogens with zero attached hydrogens (tertiary/aromatic N) is 5. The van der Waals surface area contributed by atoms with E-state index >= 15 is 0 Å². The minimum atomic E-state index is 0.0655. The van der Waals surface area contributed by atoms with Gasteiger partial charge in [-0.1, -0.05) is 5.16 Å². The molecule has 5 rings (SSSR count). The highest BCUT2D eigenvalue weighted by atomic mass is 16.5. The third-order valence-electron chi connectivity index (χ3n) is 6.89. The van der Waals surface area contributed by atoms with Crippen LogP contribution in [0.2, 0.25) is 0 Å². The summed E-state index contributed by atoms with van der Waals surface area (Å²) in [5, 5.41) is 4.11. The van der Waals surface area contributed by atoms with Crippen LogP contribution < -0.4 is 9.80 Å². The van der Waals surface area contributed by atoms with E-state index in [1.54, 1.807) is 6.92 Å². The fraction of sp³-hybridized carbons (Fsp3) is 0.407. The largest absolute Gasteiger partial charge is 0.372 e. The van der Waals surface area contributed by atoms with Crippen LogP contribution in [0.5, 0.6) is 0 Å². The van der Waals surface area contributed by atoms with Gasteiger partial charge in [0.25, 0.3) is 0 Å². The average molecular weight is 474 g/mol. The number of hydrogen-bond donors (Lipinski definition) is 0. The Balaban J connectivity index is 1.10. The number of amides is 1. The van der Waals surface area contributed by atoms with Crippen LogP contribution in [0.3, 0.4) is 0 Å². The molecule has 35 heavy (non-hydrogen) atoms. The van der Waals surface area contributed by atoms with Gasteiger partial charge in [0.15, 0.2) is 5.78 Å². The predicted molar refractivity (Wildman–Crippen MR) is 135 cm³/mol. The van der Waals surface area contributed by atoms with E-state index in [1.807, 2.05) is 41.3 Å². The SMILES string of the molecule is CC(=O)c1ccc(N2CCN(C(=O)CCc3nc(-c4ccc(N5CCCC5)cc4)no3)CC2)cc1. The van der Waals surface area contributed by atoms with E-state index in [-0.39, 0.29) is 11.7 Å². The molecule has 0 saturated carbocycles. The zero-order chi connectivity index (χ0) is 24.2. The Kier molecular flexibility index (Phi) is 6.79. The van der Waals surface area contributed by atoms with E-state index in [0.717, 1.165) is 37.4 Å². The molecule has 0 atom stereocenters. The number of carbonyl (C=O) groups is 2. The van der Waals surface area contributed by atoms with Crippen LogP contribution in [0.25, 0.3) is 11.4 Å². The predicted octanol–water partition coefficient (Wildman–Crippen LogP) is 3.82. The smallest absolute Gasteiger partial charge is 0.227 e. The summed E-state index contributed by atoms with van der Waals surface area (Å²) in [7, 11) is 0. The number of anilines is 2. The minimum absolute atomic E-state index is 0.0655. The molecule has 2 aliphatic rings. The van der Waals surface area contributed by atoms with Crippen LogP contribution in [-0.4, -0.2) is 66.0 Å². The van der Waals surface area contributed by atoms with Crippen LogP contribution >= 0.6 is 0 Å². The van der Waals surface area contributed by atoms with E-state index in [2.05, 4.69) is 32.1 Å². The van der Waals surface area contributed by atoms with Crippen molar-refractivity contribution in [1.29, 1.82) is 0 Å². The zero-order valence-corrected chi connectivity index (χ0v) is 20.2. The Bertz CT molecular complexity index is 1160. The number of carbonyl (C=O) groups excluding carboxylic acids is 2. The van der Waals surface area contributed by atoms with Gasteiger partial charge in [-0.3, -0.25) is 9.59 Å². The molecule has 0 unspecified atom stereocenters. The number of aromatic nitrogens is 2. The van der Waals surface area contributed by atoms with Crippen LogP contribution in [0.1, 0.15) is 42.4 Å². The van der Waals surface area contributed by atoms with Crippen LogP contribution in [0, 0.1) is 0 Å². The molecule has 182 valence electrons. The Morgan fingerprint density at radius 2 is 1.43 bits per heavy atom. The summed E-state index contributed by atoms with van der Waals surface area (Å²) in [6.07, 6.45) is 3.29. The molecule has 1 amide bonds. The van der Waals surface area contributed by atoms with Crippen molar-refractivity contribution in [2.24, 2.45) is 0 Å². The lowest BCUT2D eigenvalue weighted by Crippen LogP contribution is -2.48. The number of piperazine rings is 1.